The first-order valence-electron chi connectivity index (χ1n) is 35.7. The van der Waals surface area contributed by atoms with Crippen molar-refractivity contribution in [1.29, 1.82) is 0 Å². The molecular weight excluding hydrogens is 1060 g/mol. The van der Waals surface area contributed by atoms with Crippen LogP contribution in [0.4, 0.5) is 0 Å². The first-order chi connectivity index (χ1) is 41.0. The summed E-state index contributed by atoms with van der Waals surface area (Å²) >= 11 is 0. The number of nitrogens with zero attached hydrogens (tertiary/aromatic N) is 1. The lowest BCUT2D eigenvalue weighted by atomic mass is 10.0. The number of allylic oxidation sites excluding steroid dienone is 12. The van der Waals surface area contributed by atoms with Crippen LogP contribution in [-0.4, -0.2) is 74.9 Å². The molecule has 0 saturated heterocycles. The molecule has 0 radical (unpaired) electrons. The second-order valence-electron chi connectivity index (χ2n) is 25.2. The maximum absolute atomic E-state index is 12.9. The fraction of sp³-hybridized carbons (Fsp3) is 0.811. The molecule has 0 aromatic carbocycles. The molecule has 0 aliphatic heterocycles. The van der Waals surface area contributed by atoms with Gasteiger partial charge in [-0.15, -0.1) is 0 Å². The summed E-state index contributed by atoms with van der Waals surface area (Å²) < 4.78 is 34.7. The Morgan fingerprint density at radius 3 is 1.01 bits per heavy atom. The minimum Gasteiger partial charge on any atom is -0.462 e. The molecule has 9 nitrogen and oxygen atoms in total. The standard InChI is InChI=1S/C74H136NO8P/c1-6-8-10-12-14-16-18-20-22-24-26-28-29-30-31-32-33-34-35-36-37-38-39-40-41-42-43-44-45-47-49-51-53-55-57-59-61-63-65-67-74(77)83-72(71-82-84(78,79)81-69-68-75(3,4)5)70-80-73(76)66-64-62-60-58-56-54-52-50-48-46-27-25-23-21-19-17-15-13-11-9-7-2/h8,10,14,16,19-22,25-28,72H,6-7,9,11-13,15,17-18,23-24,29-71H2,1-5H3/p+1/b10-8-,16-14-,21-19-,22-20-,27-25-,28-26-. The lowest BCUT2D eigenvalue weighted by molar-refractivity contribution is -0.870. The molecular formula is C74H137NO8P+. The Labute approximate surface area is 520 Å². The van der Waals surface area contributed by atoms with Gasteiger partial charge in [-0.1, -0.05) is 311 Å². The van der Waals surface area contributed by atoms with E-state index in [2.05, 4.69) is 86.8 Å². The molecule has 0 aromatic rings. The molecule has 0 bridgehead atoms. The van der Waals surface area contributed by atoms with Crippen molar-refractivity contribution in [2.24, 2.45) is 0 Å². The molecule has 0 spiro atoms. The Balaban J connectivity index is 3.93. The van der Waals surface area contributed by atoms with Gasteiger partial charge in [0.15, 0.2) is 6.10 Å². The first kappa shape index (κ1) is 81.5. The molecule has 0 aromatic heterocycles. The summed E-state index contributed by atoms with van der Waals surface area (Å²) in [6, 6.07) is 0. The van der Waals surface area contributed by atoms with E-state index < -0.39 is 26.5 Å². The van der Waals surface area contributed by atoms with Crippen LogP contribution in [0.1, 0.15) is 335 Å². The van der Waals surface area contributed by atoms with Crippen molar-refractivity contribution in [2.45, 2.75) is 341 Å². The van der Waals surface area contributed by atoms with Gasteiger partial charge in [-0.3, -0.25) is 18.6 Å². The van der Waals surface area contributed by atoms with Crippen LogP contribution in [0.3, 0.4) is 0 Å². The molecule has 1 N–H and O–H groups in total. The second-order valence-corrected chi connectivity index (χ2v) is 26.7. The van der Waals surface area contributed by atoms with Crippen LogP contribution in [0, 0.1) is 0 Å². The second kappa shape index (κ2) is 64.9. The summed E-state index contributed by atoms with van der Waals surface area (Å²) in [6.07, 6.45) is 87.4. The molecule has 490 valence electrons. The van der Waals surface area contributed by atoms with E-state index in [0.29, 0.717) is 17.4 Å². The maximum atomic E-state index is 12.9. The zero-order valence-electron chi connectivity index (χ0n) is 55.9. The number of carbonyl (C=O) groups excluding carboxylic acids is 2. The van der Waals surface area contributed by atoms with Crippen LogP contribution in [0.5, 0.6) is 0 Å². The highest BCUT2D eigenvalue weighted by atomic mass is 31.2. The van der Waals surface area contributed by atoms with Gasteiger partial charge in [-0.2, -0.15) is 0 Å². The van der Waals surface area contributed by atoms with Crippen molar-refractivity contribution in [3.8, 4) is 0 Å². The number of quaternary nitrogens is 1. The molecule has 0 saturated carbocycles. The van der Waals surface area contributed by atoms with Crippen molar-refractivity contribution in [3.63, 3.8) is 0 Å². The number of rotatable bonds is 66. The number of hydrogen-bond donors (Lipinski definition) is 1. The van der Waals surface area contributed by atoms with Gasteiger partial charge in [0, 0.05) is 12.8 Å². The normalized spacial score (nSPS) is 13.5. The number of ether oxygens (including phenoxy) is 2. The van der Waals surface area contributed by atoms with Crippen molar-refractivity contribution >= 4 is 19.8 Å². The quantitative estimate of drug-likeness (QED) is 0.0211. The molecule has 0 aliphatic carbocycles. The number of unbranched alkanes of at least 4 members (excludes halogenated alkanes) is 40. The van der Waals surface area contributed by atoms with Gasteiger partial charge in [0.25, 0.3) is 0 Å². The lowest BCUT2D eigenvalue weighted by Gasteiger charge is -2.24. The van der Waals surface area contributed by atoms with Crippen LogP contribution in [0.2, 0.25) is 0 Å². The van der Waals surface area contributed by atoms with E-state index in [1.165, 1.54) is 238 Å². The van der Waals surface area contributed by atoms with Crippen LogP contribution in [-0.2, 0) is 32.7 Å². The number of esters is 2. The zero-order valence-corrected chi connectivity index (χ0v) is 56.8. The van der Waals surface area contributed by atoms with Gasteiger partial charge in [0.1, 0.15) is 19.8 Å². The summed E-state index contributed by atoms with van der Waals surface area (Å²) in [5.41, 5.74) is 0. The highest BCUT2D eigenvalue weighted by molar-refractivity contribution is 7.47. The van der Waals surface area contributed by atoms with Gasteiger partial charge in [0.2, 0.25) is 0 Å². The Hall–Kier alpha value is -2.55. The van der Waals surface area contributed by atoms with Crippen LogP contribution < -0.4 is 0 Å². The summed E-state index contributed by atoms with van der Waals surface area (Å²) in [6.45, 7) is 4.35. The molecule has 2 unspecified atom stereocenters. The number of hydrogen-bond acceptors (Lipinski definition) is 7. The minimum absolute atomic E-state index is 0.0316. The molecule has 2 atom stereocenters. The fourth-order valence-electron chi connectivity index (χ4n) is 10.3. The average Bonchev–Trinajstić information content (AvgIpc) is 3.61. The third-order valence-corrected chi connectivity index (χ3v) is 16.7. The number of likely N-dealkylation sites (N-methyl/N-ethyl adjacent to an activating group) is 1. The number of phosphoric acid groups is 1. The van der Waals surface area contributed by atoms with Crippen LogP contribution in [0.15, 0.2) is 72.9 Å². The van der Waals surface area contributed by atoms with Crippen LogP contribution in [0.25, 0.3) is 0 Å². The molecule has 0 aliphatic rings. The largest absolute Gasteiger partial charge is 0.472 e. The number of carbonyl (C=O) groups is 2. The fourth-order valence-corrected chi connectivity index (χ4v) is 11.0. The topological polar surface area (TPSA) is 108 Å². The smallest absolute Gasteiger partial charge is 0.462 e. The molecule has 0 rings (SSSR count). The average molecular weight is 1200 g/mol. The highest BCUT2D eigenvalue weighted by Gasteiger charge is 2.27. The van der Waals surface area contributed by atoms with Crippen molar-refractivity contribution in [3.05, 3.63) is 72.9 Å². The Kier molecular flexibility index (Phi) is 62.9. The monoisotopic (exact) mass is 1200 g/mol. The highest BCUT2D eigenvalue weighted by Crippen LogP contribution is 2.43. The Morgan fingerprint density at radius 2 is 0.679 bits per heavy atom. The summed E-state index contributed by atoms with van der Waals surface area (Å²) in [4.78, 5) is 35.8. The first-order valence-corrected chi connectivity index (χ1v) is 37.2. The molecule has 0 heterocycles. The van der Waals surface area contributed by atoms with Crippen molar-refractivity contribution in [2.75, 3.05) is 47.5 Å². The minimum atomic E-state index is -4.39. The summed E-state index contributed by atoms with van der Waals surface area (Å²) in [7, 11) is 1.49. The lowest BCUT2D eigenvalue weighted by Crippen LogP contribution is -2.37. The summed E-state index contributed by atoms with van der Waals surface area (Å²) in [5.74, 6) is -0.787. The Bertz CT molecular complexity index is 1650. The van der Waals surface area contributed by atoms with Gasteiger partial charge in [-0.25, -0.2) is 4.57 Å². The van der Waals surface area contributed by atoms with Crippen molar-refractivity contribution in [1.82, 2.24) is 0 Å². The third-order valence-electron chi connectivity index (χ3n) is 15.7. The predicted molar refractivity (Wildman–Crippen MR) is 363 cm³/mol. The SMILES string of the molecule is CC/C=C\C/C=C\C/C=C\C/C=C\CCCCCCCCCCCCCCCCCCCCCCCCCCCCC(=O)OC(COC(=O)CCCCCCCCCCC/C=C\C/C=C\CCCCCCC)COP(=O)(O)OCC[N+](C)(C)C. The molecule has 0 fully saturated rings. The molecule has 10 heteroatoms. The van der Waals surface area contributed by atoms with Gasteiger partial charge < -0.3 is 18.9 Å². The van der Waals surface area contributed by atoms with Crippen LogP contribution >= 0.6 is 7.82 Å². The Morgan fingerprint density at radius 1 is 0.381 bits per heavy atom. The zero-order chi connectivity index (χ0) is 61.2. The third kappa shape index (κ3) is 68.6. The van der Waals surface area contributed by atoms with E-state index in [9.17, 15) is 19.0 Å². The van der Waals surface area contributed by atoms with E-state index in [0.717, 1.165) is 64.2 Å². The molecule has 84 heavy (non-hydrogen) atoms. The van der Waals surface area contributed by atoms with E-state index in [4.69, 9.17) is 18.5 Å². The summed E-state index contributed by atoms with van der Waals surface area (Å²) in [5, 5.41) is 0. The van der Waals surface area contributed by atoms with Gasteiger partial charge in [0.05, 0.1) is 27.7 Å². The maximum Gasteiger partial charge on any atom is 0.472 e. The van der Waals surface area contributed by atoms with E-state index >= 15 is 0 Å². The predicted octanol–water partition coefficient (Wildman–Crippen LogP) is 23.2. The van der Waals surface area contributed by atoms with E-state index in [1.54, 1.807) is 0 Å². The number of phosphoric ester groups is 1. The molecule has 0 amide bonds. The van der Waals surface area contributed by atoms with E-state index in [1.807, 2.05) is 21.1 Å². The van der Waals surface area contributed by atoms with Crippen molar-refractivity contribution < 1.29 is 42.1 Å². The van der Waals surface area contributed by atoms with E-state index in [-0.39, 0.29) is 32.0 Å². The van der Waals surface area contributed by atoms with Gasteiger partial charge in [-0.05, 0) is 83.5 Å². The van der Waals surface area contributed by atoms with Gasteiger partial charge >= 0.3 is 19.8 Å².